The van der Waals surface area contributed by atoms with Gasteiger partial charge in [0, 0.05) is 69.9 Å². The fraction of sp³-hybridized carbons (Fsp3) is 0.385. The first kappa shape index (κ1) is 22.6. The highest BCUT2D eigenvalue weighted by Crippen LogP contribution is 2.31. The summed E-state index contributed by atoms with van der Waals surface area (Å²) < 4.78 is 20.6. The maximum absolute atomic E-state index is 14.9. The van der Waals surface area contributed by atoms with Gasteiger partial charge >= 0.3 is 0 Å². The van der Waals surface area contributed by atoms with Crippen LogP contribution < -0.4 is 10.6 Å². The number of nitrogens with one attached hydrogen (secondary N) is 2. The van der Waals surface area contributed by atoms with E-state index in [1.165, 1.54) is 0 Å². The van der Waals surface area contributed by atoms with Crippen LogP contribution in [-0.2, 0) is 0 Å². The molecule has 2 saturated heterocycles. The van der Waals surface area contributed by atoms with E-state index in [9.17, 15) is 4.39 Å². The highest BCUT2D eigenvalue weighted by Gasteiger charge is 2.23. The topological polar surface area (TPSA) is 68.9 Å². The maximum Gasteiger partial charge on any atom is 0.203 e. The Morgan fingerprint density at radius 3 is 2.21 bits per heavy atom. The van der Waals surface area contributed by atoms with Gasteiger partial charge in [-0.05, 0) is 17.2 Å². The summed E-state index contributed by atoms with van der Waals surface area (Å²) in [6.45, 7) is 9.42. The van der Waals surface area contributed by atoms with Crippen molar-refractivity contribution in [1.29, 1.82) is 0 Å². The molecule has 178 valence electrons. The van der Waals surface area contributed by atoms with Crippen LogP contribution in [0.25, 0.3) is 11.1 Å². The van der Waals surface area contributed by atoms with Gasteiger partial charge in [0.25, 0.3) is 0 Å². The van der Waals surface area contributed by atoms with E-state index in [1.807, 2.05) is 55.5 Å². The Labute approximate surface area is 199 Å². The molecule has 0 radical (unpaired) electrons. The van der Waals surface area contributed by atoms with Crippen molar-refractivity contribution >= 4 is 11.8 Å². The Morgan fingerprint density at radius 2 is 1.59 bits per heavy atom. The number of guanidine groups is 1. The number of benzene rings is 2. The van der Waals surface area contributed by atoms with Crippen LogP contribution >= 0.6 is 0 Å². The first-order valence-corrected chi connectivity index (χ1v) is 12.0. The quantitative estimate of drug-likeness (QED) is 0.457. The second-order valence-electron chi connectivity index (χ2n) is 8.80. The molecule has 5 rings (SSSR count). The molecule has 2 aromatic carbocycles. The molecule has 3 heterocycles. The molecule has 7 nitrogen and oxygen atoms in total. The summed E-state index contributed by atoms with van der Waals surface area (Å²) in [6, 6.07) is 16.8. The molecule has 34 heavy (non-hydrogen) atoms. The minimum Gasteiger partial charge on any atom is -0.359 e. The van der Waals surface area contributed by atoms with Crippen LogP contribution in [0.2, 0.25) is 0 Å². The van der Waals surface area contributed by atoms with Gasteiger partial charge in [-0.15, -0.1) is 0 Å². The zero-order valence-corrected chi connectivity index (χ0v) is 19.5. The second kappa shape index (κ2) is 10.4. The molecular formula is C26H31FN6O. The van der Waals surface area contributed by atoms with Gasteiger partial charge in [0.1, 0.15) is 11.6 Å². The fourth-order valence-electron chi connectivity index (χ4n) is 4.53. The van der Waals surface area contributed by atoms with Gasteiger partial charge in [0.2, 0.25) is 5.96 Å². The molecule has 2 N–H and O–H groups in total. The number of nitrogens with zero attached hydrogens (tertiary/aromatic N) is 4. The van der Waals surface area contributed by atoms with Gasteiger partial charge < -0.3 is 25.0 Å². The lowest BCUT2D eigenvalue weighted by Gasteiger charge is -2.38. The van der Waals surface area contributed by atoms with E-state index < -0.39 is 0 Å². The molecule has 0 amide bonds. The molecule has 0 saturated carbocycles. The third kappa shape index (κ3) is 4.98. The van der Waals surface area contributed by atoms with Crippen molar-refractivity contribution in [3.63, 3.8) is 0 Å². The van der Waals surface area contributed by atoms with E-state index in [1.54, 1.807) is 6.07 Å². The van der Waals surface area contributed by atoms with E-state index in [0.717, 1.165) is 69.4 Å². The average molecular weight is 463 g/mol. The van der Waals surface area contributed by atoms with E-state index in [-0.39, 0.29) is 11.7 Å². The summed E-state index contributed by atoms with van der Waals surface area (Å²) in [4.78, 5) is 9.54. The van der Waals surface area contributed by atoms with Gasteiger partial charge in [-0.25, -0.2) is 4.39 Å². The average Bonchev–Trinajstić information content (AvgIpc) is 3.37. The lowest BCUT2D eigenvalue weighted by Crippen LogP contribution is -2.56. The predicted molar refractivity (Wildman–Crippen MR) is 132 cm³/mol. The number of aliphatic imine (C=N–C) groups is 1. The van der Waals surface area contributed by atoms with Gasteiger partial charge in [0.05, 0.1) is 0 Å². The van der Waals surface area contributed by atoms with Crippen LogP contribution in [0.3, 0.4) is 0 Å². The second-order valence-corrected chi connectivity index (χ2v) is 8.80. The number of halogens is 1. The summed E-state index contributed by atoms with van der Waals surface area (Å²) in [5, 5.41) is 11.0. The standard InChI is InChI=1S/C26H31FN6O/c1-19(21-7-8-22(23(27)17-21)20-5-3-2-4-6-20)24-18-25(31-34-24)30-26(32-13-9-28-10-14-32)33-15-11-29-12-16-33/h2-8,17-19,28-29H,9-16H2,1H3. The highest BCUT2D eigenvalue weighted by atomic mass is 19.1. The number of piperazine rings is 2. The van der Waals surface area contributed by atoms with E-state index >= 15 is 0 Å². The number of hydrogen-bond acceptors (Lipinski definition) is 5. The number of rotatable bonds is 4. The van der Waals surface area contributed by atoms with E-state index in [4.69, 9.17) is 9.52 Å². The first-order chi connectivity index (χ1) is 16.7. The van der Waals surface area contributed by atoms with Crippen LogP contribution in [0.5, 0.6) is 0 Å². The molecule has 2 fully saturated rings. The minimum absolute atomic E-state index is 0.141. The van der Waals surface area contributed by atoms with Gasteiger partial charge in [0.15, 0.2) is 5.82 Å². The van der Waals surface area contributed by atoms with Crippen LogP contribution in [-0.4, -0.2) is 73.3 Å². The molecule has 0 aliphatic carbocycles. The van der Waals surface area contributed by atoms with Crippen LogP contribution in [0.15, 0.2) is 64.1 Å². The molecule has 2 aliphatic heterocycles. The third-order valence-electron chi connectivity index (χ3n) is 6.53. The number of aromatic nitrogens is 1. The molecule has 2 aliphatic rings. The number of hydrogen-bond donors (Lipinski definition) is 2. The predicted octanol–water partition coefficient (Wildman–Crippen LogP) is 3.43. The maximum atomic E-state index is 14.9. The van der Waals surface area contributed by atoms with Gasteiger partial charge in [-0.2, -0.15) is 4.99 Å². The van der Waals surface area contributed by atoms with Crippen molar-refractivity contribution in [3.8, 4) is 11.1 Å². The van der Waals surface area contributed by atoms with Crippen LogP contribution in [0.4, 0.5) is 10.2 Å². The summed E-state index contributed by atoms with van der Waals surface area (Å²) in [6.07, 6.45) is 0. The Bertz CT molecular complexity index is 1100. The van der Waals surface area contributed by atoms with E-state index in [0.29, 0.717) is 17.1 Å². The van der Waals surface area contributed by atoms with Gasteiger partial charge in [-0.3, -0.25) is 0 Å². The summed E-state index contributed by atoms with van der Waals surface area (Å²) in [7, 11) is 0. The molecule has 0 spiro atoms. The molecule has 3 aromatic rings. The van der Waals surface area contributed by atoms with Crippen molar-refractivity contribution < 1.29 is 8.91 Å². The lowest BCUT2D eigenvalue weighted by atomic mass is 9.95. The molecule has 1 atom stereocenters. The van der Waals surface area contributed by atoms with Crippen LogP contribution in [0.1, 0.15) is 24.2 Å². The van der Waals surface area contributed by atoms with E-state index in [2.05, 4.69) is 25.6 Å². The largest absolute Gasteiger partial charge is 0.359 e. The lowest BCUT2D eigenvalue weighted by molar-refractivity contribution is 0.271. The first-order valence-electron chi connectivity index (χ1n) is 12.0. The van der Waals surface area contributed by atoms with Crippen molar-refractivity contribution in [2.24, 2.45) is 4.99 Å². The molecule has 0 bridgehead atoms. The summed E-state index contributed by atoms with van der Waals surface area (Å²) in [5.41, 5.74) is 2.30. The Kier molecular flexibility index (Phi) is 6.87. The fourth-order valence-corrected chi connectivity index (χ4v) is 4.53. The smallest absolute Gasteiger partial charge is 0.203 e. The Balaban J connectivity index is 1.37. The van der Waals surface area contributed by atoms with Crippen molar-refractivity contribution in [3.05, 3.63) is 71.7 Å². The third-order valence-corrected chi connectivity index (χ3v) is 6.53. The Hall–Kier alpha value is -3.23. The molecule has 1 unspecified atom stereocenters. The van der Waals surface area contributed by atoms with Crippen LogP contribution in [0, 0.1) is 5.82 Å². The zero-order valence-electron chi connectivity index (χ0n) is 19.5. The summed E-state index contributed by atoms with van der Waals surface area (Å²) >= 11 is 0. The molecule has 1 aromatic heterocycles. The molecular weight excluding hydrogens is 431 g/mol. The monoisotopic (exact) mass is 462 g/mol. The minimum atomic E-state index is -0.243. The van der Waals surface area contributed by atoms with Crippen molar-refractivity contribution in [1.82, 2.24) is 25.6 Å². The van der Waals surface area contributed by atoms with Gasteiger partial charge in [-0.1, -0.05) is 54.5 Å². The normalized spacial score (nSPS) is 17.5. The molecule has 8 heteroatoms. The van der Waals surface area contributed by atoms with Crippen molar-refractivity contribution in [2.45, 2.75) is 12.8 Å². The SMILES string of the molecule is CC(c1ccc(-c2ccccc2)c(F)c1)c1cc(N=C(N2CCNCC2)N2CCNCC2)no1. The summed E-state index contributed by atoms with van der Waals surface area (Å²) in [5.74, 6) is 1.79. The van der Waals surface area contributed by atoms with Crippen molar-refractivity contribution in [2.75, 3.05) is 52.4 Å². The zero-order chi connectivity index (χ0) is 23.3. The highest BCUT2D eigenvalue weighted by molar-refractivity contribution is 5.82. The Morgan fingerprint density at radius 1 is 0.941 bits per heavy atom.